The first-order valence-corrected chi connectivity index (χ1v) is 9.42. The summed E-state index contributed by atoms with van der Waals surface area (Å²) in [6.45, 7) is 2.31. The van der Waals surface area contributed by atoms with E-state index in [2.05, 4.69) is 5.32 Å². The van der Waals surface area contributed by atoms with Gasteiger partial charge in [0.2, 0.25) is 5.91 Å². The van der Waals surface area contributed by atoms with Gasteiger partial charge in [-0.25, -0.2) is 0 Å². The summed E-state index contributed by atoms with van der Waals surface area (Å²) in [5.74, 6) is -0.228. The van der Waals surface area contributed by atoms with E-state index >= 15 is 0 Å². The van der Waals surface area contributed by atoms with Gasteiger partial charge in [-0.2, -0.15) is 0 Å². The molecule has 0 saturated heterocycles. The van der Waals surface area contributed by atoms with Crippen molar-refractivity contribution in [2.45, 2.75) is 57.3 Å². The van der Waals surface area contributed by atoms with E-state index in [4.69, 9.17) is 10.5 Å². The van der Waals surface area contributed by atoms with Gasteiger partial charge in [0.1, 0.15) is 5.54 Å². The number of anilines is 1. The average molecular weight is 352 g/mol. The number of carbonyl (C=O) groups is 1. The van der Waals surface area contributed by atoms with Gasteiger partial charge in [0.05, 0.1) is 12.7 Å². The molecule has 3 rings (SSSR count). The van der Waals surface area contributed by atoms with Gasteiger partial charge in [-0.15, -0.1) is 0 Å². The van der Waals surface area contributed by atoms with Crippen LogP contribution in [0.1, 0.15) is 50.2 Å². The van der Waals surface area contributed by atoms with Crippen LogP contribution in [-0.2, 0) is 21.7 Å². The summed E-state index contributed by atoms with van der Waals surface area (Å²) in [6, 6.07) is 17.2. The lowest BCUT2D eigenvalue weighted by molar-refractivity contribution is -0.120. The van der Waals surface area contributed by atoms with E-state index in [1.165, 1.54) is 19.3 Å². The van der Waals surface area contributed by atoms with Crippen molar-refractivity contribution in [2.24, 2.45) is 5.73 Å². The summed E-state index contributed by atoms with van der Waals surface area (Å²) in [7, 11) is 0. The molecule has 26 heavy (non-hydrogen) atoms. The van der Waals surface area contributed by atoms with Crippen LogP contribution >= 0.6 is 0 Å². The van der Waals surface area contributed by atoms with E-state index in [9.17, 15) is 4.79 Å². The van der Waals surface area contributed by atoms with Gasteiger partial charge >= 0.3 is 0 Å². The number of hydrogen-bond acceptors (Lipinski definition) is 3. The summed E-state index contributed by atoms with van der Waals surface area (Å²) < 4.78 is 6.03. The van der Waals surface area contributed by atoms with E-state index in [0.29, 0.717) is 12.7 Å². The number of nitrogens with two attached hydrogens (primary N) is 1. The highest BCUT2D eigenvalue weighted by atomic mass is 16.5. The van der Waals surface area contributed by atoms with E-state index in [-0.39, 0.29) is 5.91 Å². The number of nitrogens with one attached hydrogen (secondary N) is 1. The molecule has 0 aliphatic heterocycles. The van der Waals surface area contributed by atoms with Crippen LogP contribution in [0.5, 0.6) is 0 Å². The van der Waals surface area contributed by atoms with Gasteiger partial charge in [0, 0.05) is 5.69 Å². The zero-order chi connectivity index (χ0) is 18.4. The van der Waals surface area contributed by atoms with Crippen LogP contribution in [0.25, 0.3) is 0 Å². The van der Waals surface area contributed by atoms with Gasteiger partial charge in [0.15, 0.2) is 0 Å². The standard InChI is InChI=1S/C22H28N2O2/c1-22(23,18-10-4-2-5-11-18)21(25)24-19-12-8-9-17(15-19)16-26-20-13-6-3-7-14-20/h2,4-5,8-12,15,20H,3,6-7,13-14,16,23H2,1H3,(H,24,25). The molecule has 1 atom stereocenters. The Kier molecular flexibility index (Phi) is 6.07. The molecule has 0 radical (unpaired) electrons. The normalized spacial score (nSPS) is 17.5. The van der Waals surface area contributed by atoms with Gasteiger partial charge < -0.3 is 15.8 Å². The van der Waals surface area contributed by atoms with Crippen molar-refractivity contribution in [3.8, 4) is 0 Å². The average Bonchev–Trinajstić information content (AvgIpc) is 2.68. The number of benzene rings is 2. The van der Waals surface area contributed by atoms with E-state index < -0.39 is 5.54 Å². The van der Waals surface area contributed by atoms with Crippen molar-refractivity contribution in [1.82, 2.24) is 0 Å². The fourth-order valence-corrected chi connectivity index (χ4v) is 3.36. The van der Waals surface area contributed by atoms with Crippen molar-refractivity contribution in [1.29, 1.82) is 0 Å². The third-order valence-electron chi connectivity index (χ3n) is 5.07. The minimum Gasteiger partial charge on any atom is -0.374 e. The SMILES string of the molecule is CC(N)(C(=O)Nc1cccc(COC2CCCCC2)c1)c1ccccc1. The number of rotatable bonds is 6. The van der Waals surface area contributed by atoms with Crippen LogP contribution in [0.4, 0.5) is 5.69 Å². The van der Waals surface area contributed by atoms with Gasteiger partial charge in [0.25, 0.3) is 0 Å². The monoisotopic (exact) mass is 352 g/mol. The number of amides is 1. The molecule has 0 heterocycles. The Bertz CT molecular complexity index is 722. The van der Waals surface area contributed by atoms with Crippen molar-refractivity contribution in [3.63, 3.8) is 0 Å². The first-order chi connectivity index (χ1) is 12.6. The van der Waals surface area contributed by atoms with E-state index in [1.54, 1.807) is 6.92 Å². The molecule has 1 fully saturated rings. The van der Waals surface area contributed by atoms with Gasteiger partial charge in [-0.1, -0.05) is 61.7 Å². The molecule has 138 valence electrons. The first-order valence-electron chi connectivity index (χ1n) is 9.42. The van der Waals surface area contributed by atoms with E-state index in [0.717, 1.165) is 29.7 Å². The highest BCUT2D eigenvalue weighted by molar-refractivity contribution is 5.98. The quantitative estimate of drug-likeness (QED) is 0.812. The van der Waals surface area contributed by atoms with Crippen molar-refractivity contribution in [2.75, 3.05) is 5.32 Å². The van der Waals surface area contributed by atoms with Crippen LogP contribution in [-0.4, -0.2) is 12.0 Å². The van der Waals surface area contributed by atoms with Crippen molar-refractivity contribution >= 4 is 11.6 Å². The molecule has 1 aliphatic rings. The van der Waals surface area contributed by atoms with Gasteiger partial charge in [-0.05, 0) is 43.0 Å². The smallest absolute Gasteiger partial charge is 0.248 e. The predicted octanol–water partition coefficient (Wildman–Crippen LogP) is 4.35. The summed E-state index contributed by atoms with van der Waals surface area (Å²) >= 11 is 0. The molecule has 1 aliphatic carbocycles. The lowest BCUT2D eigenvalue weighted by Crippen LogP contribution is -2.45. The molecular formula is C22H28N2O2. The second kappa shape index (κ2) is 8.47. The maximum atomic E-state index is 12.7. The summed E-state index contributed by atoms with van der Waals surface area (Å²) in [4.78, 5) is 12.7. The van der Waals surface area contributed by atoms with Crippen LogP contribution in [0.3, 0.4) is 0 Å². The van der Waals surface area contributed by atoms with Gasteiger partial charge in [-0.3, -0.25) is 4.79 Å². The predicted molar refractivity (Wildman–Crippen MR) is 105 cm³/mol. The fourth-order valence-electron chi connectivity index (χ4n) is 3.36. The molecule has 0 spiro atoms. The van der Waals surface area contributed by atoms with Crippen LogP contribution in [0.15, 0.2) is 54.6 Å². The maximum absolute atomic E-state index is 12.7. The topological polar surface area (TPSA) is 64.4 Å². The Morgan fingerprint density at radius 2 is 1.85 bits per heavy atom. The molecule has 2 aromatic carbocycles. The Balaban J connectivity index is 1.61. The maximum Gasteiger partial charge on any atom is 0.248 e. The molecule has 1 unspecified atom stereocenters. The Morgan fingerprint density at radius 1 is 1.12 bits per heavy atom. The summed E-state index contributed by atoms with van der Waals surface area (Å²) in [5.41, 5.74) is 7.79. The molecule has 4 nitrogen and oxygen atoms in total. The first kappa shape index (κ1) is 18.6. The van der Waals surface area contributed by atoms with Crippen LogP contribution in [0, 0.1) is 0 Å². The molecule has 0 aromatic heterocycles. The third-order valence-corrected chi connectivity index (χ3v) is 5.07. The lowest BCUT2D eigenvalue weighted by atomic mass is 9.92. The van der Waals surface area contributed by atoms with Crippen molar-refractivity contribution < 1.29 is 9.53 Å². The fraction of sp³-hybridized carbons (Fsp3) is 0.409. The summed E-state index contributed by atoms with van der Waals surface area (Å²) in [6.07, 6.45) is 6.51. The minimum atomic E-state index is -1.09. The molecule has 0 bridgehead atoms. The second-order valence-corrected chi connectivity index (χ2v) is 7.29. The molecule has 4 heteroatoms. The molecular weight excluding hydrogens is 324 g/mol. The van der Waals surface area contributed by atoms with Crippen LogP contribution in [0.2, 0.25) is 0 Å². The highest BCUT2D eigenvalue weighted by Gasteiger charge is 2.30. The Labute approximate surface area is 155 Å². The summed E-state index contributed by atoms with van der Waals surface area (Å²) in [5, 5.41) is 2.94. The molecule has 1 saturated carbocycles. The number of hydrogen-bond donors (Lipinski definition) is 2. The van der Waals surface area contributed by atoms with Crippen LogP contribution < -0.4 is 11.1 Å². The Hall–Kier alpha value is -2.17. The largest absolute Gasteiger partial charge is 0.374 e. The zero-order valence-corrected chi connectivity index (χ0v) is 15.4. The third kappa shape index (κ3) is 4.71. The number of carbonyl (C=O) groups excluding carboxylic acids is 1. The molecule has 1 amide bonds. The molecule has 2 aromatic rings. The minimum absolute atomic E-state index is 0.228. The lowest BCUT2D eigenvalue weighted by Gasteiger charge is -2.24. The highest BCUT2D eigenvalue weighted by Crippen LogP contribution is 2.23. The Morgan fingerprint density at radius 3 is 2.58 bits per heavy atom. The second-order valence-electron chi connectivity index (χ2n) is 7.29. The molecule has 3 N–H and O–H groups in total. The number of ether oxygens (including phenoxy) is 1. The van der Waals surface area contributed by atoms with E-state index in [1.807, 2.05) is 54.6 Å². The van der Waals surface area contributed by atoms with Crippen molar-refractivity contribution in [3.05, 3.63) is 65.7 Å². The zero-order valence-electron chi connectivity index (χ0n) is 15.4.